The summed E-state index contributed by atoms with van der Waals surface area (Å²) in [4.78, 5) is 19.1. The second-order valence-electron chi connectivity index (χ2n) is 6.17. The molecule has 22 heavy (non-hydrogen) atoms. The van der Waals surface area contributed by atoms with Crippen molar-refractivity contribution in [3.05, 3.63) is 36.0 Å². The van der Waals surface area contributed by atoms with Crippen molar-refractivity contribution in [2.75, 3.05) is 24.6 Å². The van der Waals surface area contributed by atoms with Crippen LogP contribution >= 0.6 is 0 Å². The molecular formula is C18H24N2O2. The highest BCUT2D eigenvalue weighted by atomic mass is 16.5. The van der Waals surface area contributed by atoms with E-state index in [-0.39, 0.29) is 5.97 Å². The Morgan fingerprint density at radius 2 is 2.14 bits per heavy atom. The molecule has 0 radical (unpaired) electrons. The summed E-state index contributed by atoms with van der Waals surface area (Å²) in [6.45, 7) is 2.47. The highest BCUT2D eigenvalue weighted by molar-refractivity contribution is 5.94. The van der Waals surface area contributed by atoms with Crippen LogP contribution in [-0.4, -0.2) is 30.6 Å². The van der Waals surface area contributed by atoms with Gasteiger partial charge >= 0.3 is 5.97 Å². The topological polar surface area (TPSA) is 42.4 Å². The molecule has 1 aliphatic carbocycles. The van der Waals surface area contributed by atoms with E-state index in [0.717, 1.165) is 38.2 Å². The van der Waals surface area contributed by atoms with Gasteiger partial charge in [0.2, 0.25) is 0 Å². The average molecular weight is 300 g/mol. The Labute approximate surface area is 132 Å². The number of anilines is 1. The fourth-order valence-corrected chi connectivity index (χ4v) is 3.19. The van der Waals surface area contributed by atoms with Gasteiger partial charge in [0.05, 0.1) is 6.61 Å². The number of rotatable bonds is 4. The Bertz CT molecular complexity index is 536. The number of carbonyl (C=O) groups excluding carboxylic acids is 1. The number of esters is 1. The molecule has 0 bridgehead atoms. The Kier molecular flexibility index (Phi) is 5.09. The molecule has 4 nitrogen and oxygen atoms in total. The first-order valence-corrected chi connectivity index (χ1v) is 8.36. The number of hydrogen-bond acceptors (Lipinski definition) is 4. The minimum absolute atomic E-state index is 0.233. The molecule has 1 saturated heterocycles. The number of carbonyl (C=O) groups is 1. The van der Waals surface area contributed by atoms with Crippen molar-refractivity contribution < 1.29 is 9.53 Å². The van der Waals surface area contributed by atoms with Gasteiger partial charge in [0.15, 0.2) is 0 Å². The first-order valence-electron chi connectivity index (χ1n) is 8.36. The van der Waals surface area contributed by atoms with Gasteiger partial charge in [-0.15, -0.1) is 0 Å². The molecule has 3 rings (SSSR count). The summed E-state index contributed by atoms with van der Waals surface area (Å²) >= 11 is 0. The molecule has 2 heterocycles. The number of allylic oxidation sites excluding steroid dienone is 2. The lowest BCUT2D eigenvalue weighted by atomic mass is 9.95. The zero-order valence-corrected chi connectivity index (χ0v) is 13.0. The normalized spacial score (nSPS) is 21.6. The first-order chi connectivity index (χ1) is 10.8. The van der Waals surface area contributed by atoms with Crippen LogP contribution < -0.4 is 4.90 Å². The summed E-state index contributed by atoms with van der Waals surface area (Å²) in [5.41, 5.74) is 0.607. The molecule has 1 unspecified atom stereocenters. The predicted molar refractivity (Wildman–Crippen MR) is 87.1 cm³/mol. The zero-order chi connectivity index (χ0) is 15.2. The standard InChI is InChI=1S/C18H24N2O2/c21-18(22-14-15-8-3-1-4-9-15)16-10-7-11-19-17(16)20-12-5-2-6-13-20/h1,3,7,10-11,15H,2,4-6,8-9,12-14H2. The van der Waals surface area contributed by atoms with Crippen molar-refractivity contribution >= 4 is 11.8 Å². The molecule has 0 aromatic carbocycles. The van der Waals surface area contributed by atoms with Crippen molar-refractivity contribution in [2.45, 2.75) is 38.5 Å². The maximum atomic E-state index is 12.4. The molecule has 2 aliphatic rings. The molecule has 1 aliphatic heterocycles. The highest BCUT2D eigenvalue weighted by Crippen LogP contribution is 2.23. The van der Waals surface area contributed by atoms with Crippen LogP contribution in [-0.2, 0) is 4.74 Å². The maximum absolute atomic E-state index is 12.4. The second-order valence-corrected chi connectivity index (χ2v) is 6.17. The largest absolute Gasteiger partial charge is 0.462 e. The van der Waals surface area contributed by atoms with Gasteiger partial charge in [-0.1, -0.05) is 12.2 Å². The molecule has 1 atom stereocenters. The second kappa shape index (κ2) is 7.43. The van der Waals surface area contributed by atoms with E-state index in [2.05, 4.69) is 22.0 Å². The van der Waals surface area contributed by atoms with Gasteiger partial charge in [-0.05, 0) is 56.6 Å². The van der Waals surface area contributed by atoms with Gasteiger partial charge in [-0.3, -0.25) is 0 Å². The monoisotopic (exact) mass is 300 g/mol. The van der Waals surface area contributed by atoms with Crippen molar-refractivity contribution in [1.29, 1.82) is 0 Å². The quantitative estimate of drug-likeness (QED) is 0.629. The molecule has 0 saturated carbocycles. The van der Waals surface area contributed by atoms with Crippen LogP contribution in [0.4, 0.5) is 5.82 Å². The SMILES string of the molecule is O=C(OCC1CC=CCC1)c1cccnc1N1CCCCC1. The third kappa shape index (κ3) is 3.67. The fourth-order valence-electron chi connectivity index (χ4n) is 3.19. The highest BCUT2D eigenvalue weighted by Gasteiger charge is 2.21. The Hall–Kier alpha value is -1.84. The van der Waals surface area contributed by atoms with E-state index in [1.54, 1.807) is 6.20 Å². The smallest absolute Gasteiger partial charge is 0.341 e. The Morgan fingerprint density at radius 3 is 2.91 bits per heavy atom. The van der Waals surface area contributed by atoms with Crippen LogP contribution in [0.3, 0.4) is 0 Å². The average Bonchev–Trinajstić information content (AvgIpc) is 2.61. The molecule has 0 spiro atoms. The van der Waals surface area contributed by atoms with Crippen molar-refractivity contribution in [3.63, 3.8) is 0 Å². The van der Waals surface area contributed by atoms with Crippen LogP contribution in [0.15, 0.2) is 30.5 Å². The maximum Gasteiger partial charge on any atom is 0.341 e. The molecular weight excluding hydrogens is 276 g/mol. The van der Waals surface area contributed by atoms with Crippen LogP contribution in [0.25, 0.3) is 0 Å². The van der Waals surface area contributed by atoms with Crippen molar-refractivity contribution in [2.24, 2.45) is 5.92 Å². The zero-order valence-electron chi connectivity index (χ0n) is 13.0. The van der Waals surface area contributed by atoms with E-state index >= 15 is 0 Å². The van der Waals surface area contributed by atoms with E-state index in [4.69, 9.17) is 4.74 Å². The summed E-state index contributed by atoms with van der Waals surface area (Å²) in [7, 11) is 0. The number of hydrogen-bond donors (Lipinski definition) is 0. The Balaban J connectivity index is 1.65. The number of nitrogens with zero attached hydrogens (tertiary/aromatic N) is 2. The van der Waals surface area contributed by atoms with Crippen LogP contribution in [0.1, 0.15) is 48.9 Å². The minimum atomic E-state index is -0.233. The van der Waals surface area contributed by atoms with Crippen LogP contribution in [0.5, 0.6) is 0 Å². The summed E-state index contributed by atoms with van der Waals surface area (Å²) < 4.78 is 5.56. The Morgan fingerprint density at radius 1 is 1.27 bits per heavy atom. The van der Waals surface area contributed by atoms with E-state index in [0.29, 0.717) is 18.1 Å². The van der Waals surface area contributed by atoms with Gasteiger partial charge in [0.1, 0.15) is 11.4 Å². The lowest BCUT2D eigenvalue weighted by Crippen LogP contribution is -2.32. The molecule has 118 valence electrons. The molecule has 1 fully saturated rings. The lowest BCUT2D eigenvalue weighted by Gasteiger charge is -2.29. The fraction of sp³-hybridized carbons (Fsp3) is 0.556. The number of piperidine rings is 1. The van der Waals surface area contributed by atoms with Crippen LogP contribution in [0, 0.1) is 5.92 Å². The summed E-state index contributed by atoms with van der Waals surface area (Å²) in [5, 5.41) is 0. The van der Waals surface area contributed by atoms with E-state index in [1.165, 1.54) is 19.3 Å². The number of aromatic nitrogens is 1. The van der Waals surface area contributed by atoms with Crippen LogP contribution in [0.2, 0.25) is 0 Å². The third-order valence-electron chi connectivity index (χ3n) is 4.49. The van der Waals surface area contributed by atoms with Gasteiger partial charge < -0.3 is 9.64 Å². The summed E-state index contributed by atoms with van der Waals surface area (Å²) in [6, 6.07) is 3.65. The molecule has 4 heteroatoms. The van der Waals surface area contributed by atoms with E-state index in [1.807, 2.05) is 12.1 Å². The van der Waals surface area contributed by atoms with Crippen molar-refractivity contribution in [3.8, 4) is 0 Å². The van der Waals surface area contributed by atoms with Gasteiger partial charge in [-0.25, -0.2) is 9.78 Å². The van der Waals surface area contributed by atoms with Gasteiger partial charge in [0.25, 0.3) is 0 Å². The van der Waals surface area contributed by atoms with E-state index in [9.17, 15) is 4.79 Å². The van der Waals surface area contributed by atoms with Gasteiger partial charge in [-0.2, -0.15) is 0 Å². The summed E-state index contributed by atoms with van der Waals surface area (Å²) in [6.07, 6.45) is 13.0. The predicted octanol–water partition coefficient (Wildman–Crippen LogP) is 3.59. The minimum Gasteiger partial charge on any atom is -0.462 e. The first kappa shape index (κ1) is 15.1. The molecule has 1 aromatic heterocycles. The third-order valence-corrected chi connectivity index (χ3v) is 4.49. The summed E-state index contributed by atoms with van der Waals surface area (Å²) in [5.74, 6) is 1.02. The molecule has 0 amide bonds. The molecule has 1 aromatic rings. The number of ether oxygens (including phenoxy) is 1. The lowest BCUT2D eigenvalue weighted by molar-refractivity contribution is 0.0432. The van der Waals surface area contributed by atoms with Crippen molar-refractivity contribution in [1.82, 2.24) is 4.98 Å². The molecule has 0 N–H and O–H groups in total. The van der Waals surface area contributed by atoms with E-state index < -0.39 is 0 Å². The van der Waals surface area contributed by atoms with Gasteiger partial charge in [0, 0.05) is 19.3 Å². The number of pyridine rings is 1.